The lowest BCUT2D eigenvalue weighted by atomic mass is 10.3. The maximum atomic E-state index is 5.16. The molecular formula is C15H21N3OS. The molecule has 0 aliphatic heterocycles. The fraction of sp³-hybridized carbons (Fsp3) is 0.400. The highest BCUT2D eigenvalue weighted by molar-refractivity contribution is 7.98. The summed E-state index contributed by atoms with van der Waals surface area (Å²) < 4.78 is 7.23. The van der Waals surface area contributed by atoms with Crippen molar-refractivity contribution in [3.8, 4) is 5.69 Å². The zero-order chi connectivity index (χ0) is 14.5. The van der Waals surface area contributed by atoms with Gasteiger partial charge in [0, 0.05) is 29.9 Å². The molecule has 5 heteroatoms. The maximum Gasteiger partial charge on any atom is 0.208 e. The summed E-state index contributed by atoms with van der Waals surface area (Å²) >= 11 is 1.74. The Morgan fingerprint density at radius 1 is 1.35 bits per heavy atom. The summed E-state index contributed by atoms with van der Waals surface area (Å²) in [6.45, 7) is 4.73. The van der Waals surface area contributed by atoms with Crippen molar-refractivity contribution in [2.24, 2.45) is 0 Å². The van der Waals surface area contributed by atoms with Gasteiger partial charge in [0.1, 0.15) is 0 Å². The SMILES string of the molecule is COCC(C)Nc1nc(C)cn1-c1ccc(SC)cc1. The Balaban J connectivity index is 2.26. The van der Waals surface area contributed by atoms with Crippen LogP contribution in [0.4, 0.5) is 5.95 Å². The molecule has 1 N–H and O–H groups in total. The summed E-state index contributed by atoms with van der Waals surface area (Å²) in [5.41, 5.74) is 2.10. The molecule has 1 unspecified atom stereocenters. The van der Waals surface area contributed by atoms with Gasteiger partial charge in [0.05, 0.1) is 12.3 Å². The van der Waals surface area contributed by atoms with Crippen LogP contribution < -0.4 is 5.32 Å². The van der Waals surface area contributed by atoms with Crippen LogP contribution in [0.1, 0.15) is 12.6 Å². The minimum atomic E-state index is 0.214. The average molecular weight is 291 g/mol. The third kappa shape index (κ3) is 3.55. The van der Waals surface area contributed by atoms with Crippen LogP contribution in [0.3, 0.4) is 0 Å². The van der Waals surface area contributed by atoms with Crippen molar-refractivity contribution in [2.45, 2.75) is 24.8 Å². The minimum absolute atomic E-state index is 0.214. The predicted molar refractivity (Wildman–Crippen MR) is 85.0 cm³/mol. The molecule has 1 atom stereocenters. The van der Waals surface area contributed by atoms with Gasteiger partial charge in [0.15, 0.2) is 0 Å². The molecule has 2 rings (SSSR count). The third-order valence-corrected chi connectivity index (χ3v) is 3.71. The lowest BCUT2D eigenvalue weighted by Gasteiger charge is -2.15. The second-order valence-electron chi connectivity index (χ2n) is 4.77. The first kappa shape index (κ1) is 14.9. The number of benzene rings is 1. The van der Waals surface area contributed by atoms with E-state index in [9.17, 15) is 0 Å². The number of aromatic nitrogens is 2. The average Bonchev–Trinajstić information content (AvgIpc) is 2.80. The van der Waals surface area contributed by atoms with Gasteiger partial charge in [0.2, 0.25) is 5.95 Å². The Morgan fingerprint density at radius 2 is 2.05 bits per heavy atom. The molecule has 1 heterocycles. The fourth-order valence-electron chi connectivity index (χ4n) is 2.05. The first-order chi connectivity index (χ1) is 9.63. The molecule has 0 amide bonds. The van der Waals surface area contributed by atoms with Crippen LogP contribution in [0.2, 0.25) is 0 Å². The van der Waals surface area contributed by atoms with Crippen molar-refractivity contribution >= 4 is 17.7 Å². The first-order valence-corrected chi connectivity index (χ1v) is 7.82. The van der Waals surface area contributed by atoms with E-state index < -0.39 is 0 Å². The van der Waals surface area contributed by atoms with E-state index in [4.69, 9.17) is 4.74 Å². The molecule has 2 aromatic rings. The first-order valence-electron chi connectivity index (χ1n) is 6.60. The summed E-state index contributed by atoms with van der Waals surface area (Å²) in [5, 5.41) is 3.38. The minimum Gasteiger partial charge on any atom is -0.383 e. The van der Waals surface area contributed by atoms with Gasteiger partial charge in [0.25, 0.3) is 0 Å². The number of nitrogens with zero attached hydrogens (tertiary/aromatic N) is 2. The maximum absolute atomic E-state index is 5.16. The van der Waals surface area contributed by atoms with Crippen molar-refractivity contribution in [1.82, 2.24) is 9.55 Å². The summed E-state index contributed by atoms with van der Waals surface area (Å²) in [4.78, 5) is 5.80. The second-order valence-corrected chi connectivity index (χ2v) is 5.65. The molecule has 0 radical (unpaired) electrons. The molecular weight excluding hydrogens is 270 g/mol. The molecule has 0 aliphatic carbocycles. The molecule has 0 aliphatic rings. The molecule has 20 heavy (non-hydrogen) atoms. The van der Waals surface area contributed by atoms with E-state index in [-0.39, 0.29) is 6.04 Å². The summed E-state index contributed by atoms with van der Waals surface area (Å²) in [5.74, 6) is 0.851. The smallest absolute Gasteiger partial charge is 0.208 e. The molecule has 1 aromatic carbocycles. The number of hydrogen-bond donors (Lipinski definition) is 1. The van der Waals surface area contributed by atoms with Crippen LogP contribution in [0.5, 0.6) is 0 Å². The number of thioether (sulfide) groups is 1. The number of imidazole rings is 1. The Hall–Kier alpha value is -1.46. The molecule has 4 nitrogen and oxygen atoms in total. The van der Waals surface area contributed by atoms with E-state index >= 15 is 0 Å². The molecule has 1 aromatic heterocycles. The predicted octanol–water partition coefficient (Wildman–Crippen LogP) is 3.35. The van der Waals surface area contributed by atoms with Gasteiger partial charge in [-0.05, 0) is 44.4 Å². The fourth-order valence-corrected chi connectivity index (χ4v) is 2.46. The van der Waals surface area contributed by atoms with Crippen molar-refractivity contribution in [3.63, 3.8) is 0 Å². The molecule has 0 saturated carbocycles. The number of rotatable bonds is 6. The Labute approximate surface area is 124 Å². The van der Waals surface area contributed by atoms with Gasteiger partial charge in [-0.2, -0.15) is 0 Å². The quantitative estimate of drug-likeness (QED) is 0.828. The van der Waals surface area contributed by atoms with Gasteiger partial charge in [-0.25, -0.2) is 4.98 Å². The third-order valence-electron chi connectivity index (χ3n) is 2.97. The van der Waals surface area contributed by atoms with Gasteiger partial charge in [-0.1, -0.05) is 0 Å². The van der Waals surface area contributed by atoms with Crippen LogP contribution in [-0.4, -0.2) is 35.6 Å². The van der Waals surface area contributed by atoms with E-state index in [1.807, 2.05) is 13.1 Å². The summed E-state index contributed by atoms with van der Waals surface area (Å²) in [7, 11) is 1.71. The lowest BCUT2D eigenvalue weighted by molar-refractivity contribution is 0.190. The number of methoxy groups -OCH3 is 1. The van der Waals surface area contributed by atoms with Gasteiger partial charge >= 0.3 is 0 Å². The van der Waals surface area contributed by atoms with E-state index in [0.717, 1.165) is 17.3 Å². The zero-order valence-electron chi connectivity index (χ0n) is 12.4. The van der Waals surface area contributed by atoms with Gasteiger partial charge in [-0.3, -0.25) is 4.57 Å². The van der Waals surface area contributed by atoms with E-state index in [1.54, 1.807) is 18.9 Å². The second kappa shape index (κ2) is 6.81. The number of anilines is 1. The lowest BCUT2D eigenvalue weighted by Crippen LogP contribution is -2.22. The van der Waals surface area contributed by atoms with E-state index in [0.29, 0.717) is 6.61 Å². The Kier molecular flexibility index (Phi) is 5.09. The van der Waals surface area contributed by atoms with Crippen molar-refractivity contribution in [1.29, 1.82) is 0 Å². The number of aryl methyl sites for hydroxylation is 1. The highest BCUT2D eigenvalue weighted by Crippen LogP contribution is 2.21. The van der Waals surface area contributed by atoms with Crippen molar-refractivity contribution in [2.75, 3.05) is 25.3 Å². The molecule has 108 valence electrons. The topological polar surface area (TPSA) is 39.1 Å². The zero-order valence-corrected chi connectivity index (χ0v) is 13.2. The van der Waals surface area contributed by atoms with E-state index in [1.165, 1.54) is 4.90 Å². The van der Waals surface area contributed by atoms with Crippen LogP contribution >= 0.6 is 11.8 Å². The largest absolute Gasteiger partial charge is 0.383 e. The molecule has 0 spiro atoms. The highest BCUT2D eigenvalue weighted by Gasteiger charge is 2.10. The number of hydrogen-bond acceptors (Lipinski definition) is 4. The van der Waals surface area contributed by atoms with Crippen LogP contribution in [-0.2, 0) is 4.74 Å². The van der Waals surface area contributed by atoms with Crippen LogP contribution in [0.25, 0.3) is 5.69 Å². The molecule has 0 bridgehead atoms. The molecule has 0 fully saturated rings. The number of nitrogens with one attached hydrogen (secondary N) is 1. The molecule has 0 saturated heterocycles. The summed E-state index contributed by atoms with van der Waals surface area (Å²) in [6, 6.07) is 8.68. The normalized spacial score (nSPS) is 12.4. The summed E-state index contributed by atoms with van der Waals surface area (Å²) in [6.07, 6.45) is 4.12. The van der Waals surface area contributed by atoms with Crippen molar-refractivity contribution < 1.29 is 4.74 Å². The van der Waals surface area contributed by atoms with Crippen LogP contribution in [0.15, 0.2) is 35.4 Å². The van der Waals surface area contributed by atoms with Gasteiger partial charge in [-0.15, -0.1) is 11.8 Å². The highest BCUT2D eigenvalue weighted by atomic mass is 32.2. The van der Waals surface area contributed by atoms with Crippen molar-refractivity contribution in [3.05, 3.63) is 36.2 Å². The Morgan fingerprint density at radius 3 is 2.65 bits per heavy atom. The standard InChI is InChI=1S/C15H21N3OS/c1-11-9-18(13-5-7-14(20-4)8-6-13)15(16-11)17-12(2)10-19-3/h5-9,12H,10H2,1-4H3,(H,16,17). The number of ether oxygens (including phenoxy) is 1. The monoisotopic (exact) mass is 291 g/mol. The van der Waals surface area contributed by atoms with Crippen LogP contribution in [0, 0.1) is 6.92 Å². The van der Waals surface area contributed by atoms with Gasteiger partial charge < -0.3 is 10.1 Å². The Bertz CT molecular complexity index is 551. The van der Waals surface area contributed by atoms with E-state index in [2.05, 4.69) is 52.3 Å².